The first-order chi connectivity index (χ1) is 8.79. The van der Waals surface area contributed by atoms with E-state index in [4.69, 9.17) is 0 Å². The third-order valence-corrected chi connectivity index (χ3v) is 1.98. The zero-order valence-electron chi connectivity index (χ0n) is 9.44. The number of amides is 1. The van der Waals surface area contributed by atoms with Crippen molar-refractivity contribution in [3.05, 3.63) is 39.9 Å². The Bertz CT molecular complexity index is 476. The van der Waals surface area contributed by atoms with Crippen LogP contribution >= 0.6 is 0 Å². The number of alkyl halides is 3. The lowest BCUT2D eigenvalue weighted by Crippen LogP contribution is -2.28. The van der Waals surface area contributed by atoms with E-state index in [9.17, 15) is 28.1 Å². The van der Waals surface area contributed by atoms with Crippen LogP contribution in [0.3, 0.4) is 0 Å². The third-order valence-electron chi connectivity index (χ3n) is 1.98. The quantitative estimate of drug-likeness (QED) is 0.677. The number of rotatable bonds is 4. The second-order valence-corrected chi connectivity index (χ2v) is 3.43. The van der Waals surface area contributed by atoms with E-state index >= 15 is 0 Å². The van der Waals surface area contributed by atoms with Crippen LogP contribution < -0.4 is 5.32 Å². The summed E-state index contributed by atoms with van der Waals surface area (Å²) in [5.41, 5.74) is -0.0740. The Balaban J connectivity index is 2.53. The van der Waals surface area contributed by atoms with Gasteiger partial charge in [-0.3, -0.25) is 10.1 Å². The number of hydrogen-bond acceptors (Lipinski definition) is 4. The standard InChI is InChI=1S/C10H9F3N2O4/c11-10(12,13)6-19-9(16)14-5-7-3-1-2-4-8(7)15(17)18/h1-4H,5-6H2,(H,14,16). The second-order valence-electron chi connectivity index (χ2n) is 3.43. The van der Waals surface area contributed by atoms with E-state index < -0.39 is 23.8 Å². The molecule has 1 rings (SSSR count). The molecule has 104 valence electrons. The summed E-state index contributed by atoms with van der Waals surface area (Å²) in [6.45, 7) is -2.01. The van der Waals surface area contributed by atoms with Crippen LogP contribution in [0.5, 0.6) is 0 Å². The van der Waals surface area contributed by atoms with Crippen LogP contribution in [-0.2, 0) is 11.3 Å². The Morgan fingerprint density at radius 2 is 2.00 bits per heavy atom. The molecule has 1 aromatic carbocycles. The van der Waals surface area contributed by atoms with Crippen LogP contribution in [-0.4, -0.2) is 23.8 Å². The lowest BCUT2D eigenvalue weighted by Gasteiger charge is -2.09. The average molecular weight is 278 g/mol. The Labute approximate surface area is 105 Å². The molecule has 1 aromatic rings. The molecule has 1 N–H and O–H groups in total. The van der Waals surface area contributed by atoms with Crippen LogP contribution in [0.15, 0.2) is 24.3 Å². The number of halogens is 3. The molecule has 9 heteroatoms. The van der Waals surface area contributed by atoms with Crippen molar-refractivity contribution in [1.82, 2.24) is 5.32 Å². The van der Waals surface area contributed by atoms with Crippen LogP contribution in [0.25, 0.3) is 0 Å². The molecule has 0 radical (unpaired) electrons. The van der Waals surface area contributed by atoms with Gasteiger partial charge >= 0.3 is 12.3 Å². The maximum atomic E-state index is 11.8. The largest absolute Gasteiger partial charge is 0.440 e. The first-order valence-corrected chi connectivity index (χ1v) is 4.99. The summed E-state index contributed by atoms with van der Waals surface area (Å²) in [6.07, 6.45) is -5.91. The Kier molecular flexibility index (Phi) is 4.67. The van der Waals surface area contributed by atoms with Crippen LogP contribution in [0.4, 0.5) is 23.7 Å². The van der Waals surface area contributed by atoms with Gasteiger partial charge in [0.2, 0.25) is 0 Å². The summed E-state index contributed by atoms with van der Waals surface area (Å²) < 4.78 is 39.1. The molecule has 0 atom stereocenters. The highest BCUT2D eigenvalue weighted by Crippen LogP contribution is 2.17. The minimum atomic E-state index is -4.61. The fraction of sp³-hybridized carbons (Fsp3) is 0.300. The Hall–Kier alpha value is -2.32. The molecule has 0 saturated heterocycles. The van der Waals surface area contributed by atoms with Crippen molar-refractivity contribution in [2.24, 2.45) is 0 Å². The van der Waals surface area contributed by atoms with Gasteiger partial charge in [0.15, 0.2) is 6.61 Å². The number of nitrogens with zero attached hydrogens (tertiary/aromatic N) is 1. The number of hydrogen-bond donors (Lipinski definition) is 1. The average Bonchev–Trinajstić information content (AvgIpc) is 2.33. The van der Waals surface area contributed by atoms with E-state index in [1.165, 1.54) is 24.3 Å². The van der Waals surface area contributed by atoms with Crippen molar-refractivity contribution in [3.63, 3.8) is 0 Å². The second kappa shape index (κ2) is 6.03. The molecule has 0 aliphatic carbocycles. The highest BCUT2D eigenvalue weighted by Gasteiger charge is 2.29. The van der Waals surface area contributed by atoms with Crippen LogP contribution in [0.2, 0.25) is 0 Å². The molecule has 6 nitrogen and oxygen atoms in total. The first kappa shape index (κ1) is 14.7. The van der Waals surface area contributed by atoms with Crippen molar-refractivity contribution in [3.8, 4) is 0 Å². The molecule has 0 aromatic heterocycles. The van der Waals surface area contributed by atoms with Gasteiger partial charge in [0.05, 0.1) is 11.5 Å². The molecule has 0 spiro atoms. The minimum Gasteiger partial charge on any atom is -0.440 e. The van der Waals surface area contributed by atoms with Gasteiger partial charge in [-0.2, -0.15) is 13.2 Å². The molecule has 0 heterocycles. The van der Waals surface area contributed by atoms with Crippen molar-refractivity contribution in [2.75, 3.05) is 6.61 Å². The lowest BCUT2D eigenvalue weighted by molar-refractivity contribution is -0.385. The number of ether oxygens (including phenoxy) is 1. The van der Waals surface area contributed by atoms with Crippen molar-refractivity contribution in [1.29, 1.82) is 0 Å². The predicted molar refractivity (Wildman–Crippen MR) is 57.3 cm³/mol. The van der Waals surface area contributed by atoms with Crippen LogP contribution in [0, 0.1) is 10.1 Å². The van der Waals surface area contributed by atoms with Crippen molar-refractivity contribution >= 4 is 11.8 Å². The molecule has 0 aliphatic heterocycles. The molecule has 0 bridgehead atoms. The number of carbonyl (C=O) groups is 1. The van der Waals surface area contributed by atoms with Crippen molar-refractivity contribution in [2.45, 2.75) is 12.7 Å². The number of nitrogens with one attached hydrogen (secondary N) is 1. The summed E-state index contributed by atoms with van der Waals surface area (Å²) in [6, 6.07) is 5.54. The lowest BCUT2D eigenvalue weighted by atomic mass is 10.2. The molecule has 0 aliphatic rings. The molecule has 0 fully saturated rings. The number of alkyl carbamates (subject to hydrolysis) is 1. The van der Waals surface area contributed by atoms with Gasteiger partial charge < -0.3 is 10.1 Å². The molecular weight excluding hydrogens is 269 g/mol. The molecule has 1 amide bonds. The maximum Gasteiger partial charge on any atom is 0.422 e. The molecule has 0 saturated carbocycles. The zero-order chi connectivity index (χ0) is 14.5. The number of nitro groups is 1. The zero-order valence-corrected chi connectivity index (χ0v) is 9.44. The number of para-hydroxylation sites is 1. The molecule has 19 heavy (non-hydrogen) atoms. The Morgan fingerprint density at radius 3 is 2.58 bits per heavy atom. The van der Waals surface area contributed by atoms with Gasteiger partial charge in [-0.15, -0.1) is 0 Å². The maximum absolute atomic E-state index is 11.8. The number of carbonyl (C=O) groups excluding carboxylic acids is 1. The van der Waals surface area contributed by atoms with Gasteiger partial charge in [0.1, 0.15) is 0 Å². The van der Waals surface area contributed by atoms with E-state index in [1.807, 2.05) is 5.32 Å². The van der Waals surface area contributed by atoms with Gasteiger partial charge in [0.25, 0.3) is 5.69 Å². The SMILES string of the molecule is O=C(NCc1ccccc1[N+](=O)[O-])OCC(F)(F)F. The van der Waals surface area contributed by atoms with E-state index in [2.05, 4.69) is 4.74 Å². The van der Waals surface area contributed by atoms with Crippen LogP contribution in [0.1, 0.15) is 5.56 Å². The first-order valence-electron chi connectivity index (χ1n) is 4.99. The Morgan fingerprint density at radius 1 is 1.37 bits per heavy atom. The van der Waals surface area contributed by atoms with E-state index in [0.29, 0.717) is 0 Å². The predicted octanol–water partition coefficient (Wildman–Crippen LogP) is 2.38. The molecular formula is C10H9F3N2O4. The number of benzene rings is 1. The number of nitro benzene ring substituents is 1. The topological polar surface area (TPSA) is 81.5 Å². The van der Waals surface area contributed by atoms with Crippen molar-refractivity contribution < 1.29 is 27.6 Å². The summed E-state index contributed by atoms with van der Waals surface area (Å²) in [7, 11) is 0. The van der Waals surface area contributed by atoms with E-state index in [-0.39, 0.29) is 17.8 Å². The smallest absolute Gasteiger partial charge is 0.422 e. The minimum absolute atomic E-state index is 0.163. The fourth-order valence-electron chi connectivity index (χ4n) is 1.20. The normalized spacial score (nSPS) is 10.9. The van der Waals surface area contributed by atoms with Gasteiger partial charge in [-0.25, -0.2) is 4.79 Å². The summed E-state index contributed by atoms with van der Waals surface area (Å²) in [4.78, 5) is 20.9. The summed E-state index contributed by atoms with van der Waals surface area (Å²) >= 11 is 0. The van der Waals surface area contributed by atoms with Gasteiger partial charge in [-0.05, 0) is 0 Å². The van der Waals surface area contributed by atoms with E-state index in [1.54, 1.807) is 0 Å². The summed E-state index contributed by atoms with van der Waals surface area (Å²) in [5.74, 6) is 0. The fourth-order valence-corrected chi connectivity index (χ4v) is 1.20. The highest BCUT2D eigenvalue weighted by atomic mass is 19.4. The monoisotopic (exact) mass is 278 g/mol. The summed E-state index contributed by atoms with van der Waals surface area (Å²) in [5, 5.41) is 12.6. The van der Waals surface area contributed by atoms with Gasteiger partial charge in [0, 0.05) is 11.6 Å². The van der Waals surface area contributed by atoms with E-state index in [0.717, 1.165) is 0 Å². The van der Waals surface area contributed by atoms with Gasteiger partial charge in [-0.1, -0.05) is 18.2 Å². The third kappa shape index (κ3) is 5.23. The highest BCUT2D eigenvalue weighted by molar-refractivity contribution is 5.67. The molecule has 0 unspecified atom stereocenters.